The topological polar surface area (TPSA) is 35.2 Å². The van der Waals surface area contributed by atoms with Crippen LogP contribution >= 0.6 is 15.9 Å². The van der Waals surface area contributed by atoms with Crippen molar-refractivity contribution in [2.75, 3.05) is 7.11 Å². The summed E-state index contributed by atoms with van der Waals surface area (Å²) < 4.78 is 20.1. The summed E-state index contributed by atoms with van der Waals surface area (Å²) in [5.74, 6) is 0.494. The van der Waals surface area contributed by atoms with Gasteiger partial charge in [-0.25, -0.2) is 4.39 Å². The molecule has 0 aliphatic heterocycles. The first-order valence-electron chi connectivity index (χ1n) is 6.35. The predicted molar refractivity (Wildman–Crippen MR) is 82.5 cm³/mol. The molecule has 0 radical (unpaired) electrons. The summed E-state index contributed by atoms with van der Waals surface area (Å²) in [6.45, 7) is 1.93. The maximum atomic E-state index is 13.9. The minimum Gasteiger partial charge on any atom is -0.496 e. The maximum absolute atomic E-state index is 13.9. The minimum atomic E-state index is -0.405. The highest BCUT2D eigenvalue weighted by atomic mass is 79.9. The van der Waals surface area contributed by atoms with Gasteiger partial charge in [-0.15, -0.1) is 0 Å². The van der Waals surface area contributed by atoms with E-state index in [1.165, 1.54) is 6.07 Å². The average molecular weight is 338 g/mol. The molecule has 1 unspecified atom stereocenters. The predicted octanol–water partition coefficient (Wildman–Crippen LogP) is 4.15. The number of methoxy groups -OCH3 is 1. The molecule has 2 aromatic rings. The molecule has 0 aliphatic carbocycles. The SMILES string of the molecule is COc1ccc(Br)cc1CC(N)c1cc(C)ccc1F. The first kappa shape index (κ1) is 15.0. The Labute approximate surface area is 126 Å². The number of ether oxygens (including phenoxy) is 1. The lowest BCUT2D eigenvalue weighted by molar-refractivity contribution is 0.407. The lowest BCUT2D eigenvalue weighted by atomic mass is 9.97. The number of hydrogen-bond donors (Lipinski definition) is 1. The van der Waals surface area contributed by atoms with Crippen molar-refractivity contribution in [1.82, 2.24) is 0 Å². The van der Waals surface area contributed by atoms with Gasteiger partial charge in [0.2, 0.25) is 0 Å². The van der Waals surface area contributed by atoms with Crippen LogP contribution in [0.5, 0.6) is 5.75 Å². The highest BCUT2D eigenvalue weighted by molar-refractivity contribution is 9.10. The molecule has 0 aliphatic rings. The Kier molecular flexibility index (Phi) is 4.78. The van der Waals surface area contributed by atoms with Gasteiger partial charge in [0.25, 0.3) is 0 Å². The van der Waals surface area contributed by atoms with Crippen LogP contribution in [0, 0.1) is 12.7 Å². The summed E-state index contributed by atoms with van der Waals surface area (Å²) >= 11 is 3.43. The zero-order valence-electron chi connectivity index (χ0n) is 11.5. The second-order valence-corrected chi connectivity index (χ2v) is 5.71. The molecule has 2 aromatic carbocycles. The van der Waals surface area contributed by atoms with Crippen LogP contribution in [-0.2, 0) is 6.42 Å². The third-order valence-electron chi connectivity index (χ3n) is 3.23. The van der Waals surface area contributed by atoms with E-state index in [0.717, 1.165) is 21.3 Å². The molecule has 0 spiro atoms. The summed E-state index contributed by atoms with van der Waals surface area (Å²) in [6.07, 6.45) is 0.517. The van der Waals surface area contributed by atoms with Crippen molar-refractivity contribution in [2.24, 2.45) is 5.73 Å². The monoisotopic (exact) mass is 337 g/mol. The van der Waals surface area contributed by atoms with E-state index in [2.05, 4.69) is 15.9 Å². The second kappa shape index (κ2) is 6.37. The highest BCUT2D eigenvalue weighted by Crippen LogP contribution is 2.28. The van der Waals surface area contributed by atoms with Crippen LogP contribution in [0.15, 0.2) is 40.9 Å². The molecular weight excluding hydrogens is 321 g/mol. The van der Waals surface area contributed by atoms with E-state index in [-0.39, 0.29) is 5.82 Å². The van der Waals surface area contributed by atoms with Crippen LogP contribution in [0.1, 0.15) is 22.7 Å². The molecule has 0 saturated heterocycles. The normalized spacial score (nSPS) is 12.2. The minimum absolute atomic E-state index is 0.267. The molecule has 0 aromatic heterocycles. The maximum Gasteiger partial charge on any atom is 0.128 e. The molecule has 2 nitrogen and oxygen atoms in total. The number of nitrogens with two attached hydrogens (primary N) is 1. The lowest BCUT2D eigenvalue weighted by Gasteiger charge is -2.16. The first-order valence-corrected chi connectivity index (χ1v) is 7.14. The zero-order valence-corrected chi connectivity index (χ0v) is 13.1. The van der Waals surface area contributed by atoms with Crippen molar-refractivity contribution < 1.29 is 9.13 Å². The molecule has 20 heavy (non-hydrogen) atoms. The van der Waals surface area contributed by atoms with Gasteiger partial charge in [-0.3, -0.25) is 0 Å². The largest absolute Gasteiger partial charge is 0.496 e. The van der Waals surface area contributed by atoms with Gasteiger partial charge in [0, 0.05) is 16.1 Å². The smallest absolute Gasteiger partial charge is 0.128 e. The second-order valence-electron chi connectivity index (χ2n) is 4.79. The fourth-order valence-corrected chi connectivity index (χ4v) is 2.61. The average Bonchev–Trinajstić information content (AvgIpc) is 2.41. The molecule has 0 saturated carbocycles. The Balaban J connectivity index is 2.29. The van der Waals surface area contributed by atoms with Crippen molar-refractivity contribution in [3.63, 3.8) is 0 Å². The summed E-state index contributed by atoms with van der Waals surface area (Å²) in [5.41, 5.74) is 8.65. The van der Waals surface area contributed by atoms with E-state index >= 15 is 0 Å². The summed E-state index contributed by atoms with van der Waals surface area (Å²) in [6, 6.07) is 10.3. The van der Waals surface area contributed by atoms with Crippen molar-refractivity contribution in [1.29, 1.82) is 0 Å². The van der Waals surface area contributed by atoms with Crippen LogP contribution in [-0.4, -0.2) is 7.11 Å². The number of halogens is 2. The molecule has 0 bridgehead atoms. The molecule has 2 rings (SSSR count). The van der Waals surface area contributed by atoms with Gasteiger partial charge >= 0.3 is 0 Å². The van der Waals surface area contributed by atoms with Gasteiger partial charge < -0.3 is 10.5 Å². The highest BCUT2D eigenvalue weighted by Gasteiger charge is 2.15. The number of aryl methyl sites for hydroxylation is 1. The van der Waals surface area contributed by atoms with Gasteiger partial charge in [0.05, 0.1) is 7.11 Å². The van der Waals surface area contributed by atoms with Gasteiger partial charge in [-0.1, -0.05) is 33.6 Å². The summed E-state index contributed by atoms with van der Waals surface area (Å²) in [5, 5.41) is 0. The van der Waals surface area contributed by atoms with Gasteiger partial charge in [0.15, 0.2) is 0 Å². The van der Waals surface area contributed by atoms with E-state index in [9.17, 15) is 4.39 Å². The van der Waals surface area contributed by atoms with E-state index in [0.29, 0.717) is 12.0 Å². The zero-order chi connectivity index (χ0) is 14.7. The van der Waals surface area contributed by atoms with Crippen LogP contribution in [0.2, 0.25) is 0 Å². The van der Waals surface area contributed by atoms with Crippen molar-refractivity contribution >= 4 is 15.9 Å². The van der Waals surface area contributed by atoms with E-state index in [1.807, 2.05) is 25.1 Å². The van der Waals surface area contributed by atoms with Crippen molar-refractivity contribution in [2.45, 2.75) is 19.4 Å². The molecular formula is C16H17BrFNO. The molecule has 2 N–H and O–H groups in total. The van der Waals surface area contributed by atoms with Crippen molar-refractivity contribution in [3.05, 3.63) is 63.4 Å². The first-order chi connectivity index (χ1) is 9.51. The molecule has 106 valence electrons. The Bertz CT molecular complexity index is 615. The van der Waals surface area contributed by atoms with Gasteiger partial charge in [-0.2, -0.15) is 0 Å². The van der Waals surface area contributed by atoms with Crippen molar-refractivity contribution in [3.8, 4) is 5.75 Å². The quantitative estimate of drug-likeness (QED) is 0.909. The third-order valence-corrected chi connectivity index (χ3v) is 3.73. The summed E-state index contributed by atoms with van der Waals surface area (Å²) in [4.78, 5) is 0. The van der Waals surface area contributed by atoms with E-state index in [1.54, 1.807) is 19.2 Å². The van der Waals surface area contributed by atoms with Crippen LogP contribution in [0.4, 0.5) is 4.39 Å². The molecule has 4 heteroatoms. The number of benzene rings is 2. The number of rotatable bonds is 4. The fourth-order valence-electron chi connectivity index (χ4n) is 2.20. The van der Waals surface area contributed by atoms with Gasteiger partial charge in [-0.05, 0) is 43.2 Å². The lowest BCUT2D eigenvalue weighted by Crippen LogP contribution is -2.15. The molecule has 0 amide bonds. The van der Waals surface area contributed by atoms with Gasteiger partial charge in [0.1, 0.15) is 11.6 Å². The Morgan fingerprint density at radius 3 is 2.70 bits per heavy atom. The fraction of sp³-hybridized carbons (Fsp3) is 0.250. The van der Waals surface area contributed by atoms with Crippen LogP contribution < -0.4 is 10.5 Å². The third kappa shape index (κ3) is 3.38. The number of hydrogen-bond acceptors (Lipinski definition) is 2. The van der Waals surface area contributed by atoms with E-state index < -0.39 is 6.04 Å². The van der Waals surface area contributed by atoms with Crippen LogP contribution in [0.25, 0.3) is 0 Å². The molecule has 0 heterocycles. The molecule has 1 atom stereocenters. The van der Waals surface area contributed by atoms with Crippen LogP contribution in [0.3, 0.4) is 0 Å². The Morgan fingerprint density at radius 2 is 2.00 bits per heavy atom. The summed E-state index contributed by atoms with van der Waals surface area (Å²) in [7, 11) is 1.62. The molecule has 0 fully saturated rings. The Hall–Kier alpha value is -1.39. The Morgan fingerprint density at radius 1 is 1.25 bits per heavy atom. The van der Waals surface area contributed by atoms with E-state index in [4.69, 9.17) is 10.5 Å². The standard InChI is InChI=1S/C16H17BrFNO/c1-10-3-5-14(18)13(7-10)15(19)9-11-8-12(17)4-6-16(11)20-2/h3-8,15H,9,19H2,1-2H3.